The van der Waals surface area contributed by atoms with Crippen LogP contribution in [0.5, 0.6) is 11.5 Å². The second-order valence-electron chi connectivity index (χ2n) is 8.85. The number of hydrogen-bond donors (Lipinski definition) is 3. The molecule has 0 bridgehead atoms. The fourth-order valence-corrected chi connectivity index (χ4v) is 4.31. The van der Waals surface area contributed by atoms with Crippen LogP contribution in [0.3, 0.4) is 0 Å². The second-order valence-corrected chi connectivity index (χ2v) is 8.85. The van der Waals surface area contributed by atoms with Crippen molar-refractivity contribution in [1.29, 1.82) is 0 Å². The lowest BCUT2D eigenvalue weighted by Gasteiger charge is -2.34. The molecule has 3 rings (SSSR count). The van der Waals surface area contributed by atoms with Crippen LogP contribution in [0.15, 0.2) is 36.4 Å². The molecule has 35 heavy (non-hydrogen) atoms. The van der Waals surface area contributed by atoms with Crippen molar-refractivity contribution in [2.45, 2.75) is 39.2 Å². The minimum atomic E-state index is -0.623. The van der Waals surface area contributed by atoms with Crippen molar-refractivity contribution < 1.29 is 24.0 Å². The number of rotatable bonds is 9. The van der Waals surface area contributed by atoms with Gasteiger partial charge in [-0.05, 0) is 24.3 Å². The largest absolute Gasteiger partial charge is 0.497 e. The SMILES string of the molecule is COc1cc(NC(=O)c2cc([N+](=O)[O-])ccc2NC(=O)CN[C@@H]2CCC[C@@H](C)[C@H]2C)cc(OC)c1. The average Bonchev–Trinajstić information content (AvgIpc) is 2.84. The molecule has 0 spiro atoms. The highest BCUT2D eigenvalue weighted by Crippen LogP contribution is 2.30. The summed E-state index contributed by atoms with van der Waals surface area (Å²) in [5, 5.41) is 20.0. The Morgan fingerprint density at radius 3 is 2.34 bits per heavy atom. The minimum Gasteiger partial charge on any atom is -0.497 e. The summed E-state index contributed by atoms with van der Waals surface area (Å²) >= 11 is 0. The fourth-order valence-electron chi connectivity index (χ4n) is 4.31. The van der Waals surface area contributed by atoms with E-state index in [1.807, 2.05) is 0 Å². The van der Waals surface area contributed by atoms with Gasteiger partial charge in [0.15, 0.2) is 0 Å². The minimum absolute atomic E-state index is 0.0333. The first-order valence-electron chi connectivity index (χ1n) is 11.6. The van der Waals surface area contributed by atoms with Crippen molar-refractivity contribution in [3.8, 4) is 11.5 Å². The van der Waals surface area contributed by atoms with E-state index in [1.54, 1.807) is 18.2 Å². The maximum atomic E-state index is 13.1. The number of carbonyl (C=O) groups excluding carboxylic acids is 2. The number of benzene rings is 2. The van der Waals surface area contributed by atoms with Gasteiger partial charge in [0, 0.05) is 42.1 Å². The van der Waals surface area contributed by atoms with Gasteiger partial charge in [-0.3, -0.25) is 19.7 Å². The van der Waals surface area contributed by atoms with Crippen LogP contribution in [-0.2, 0) is 4.79 Å². The van der Waals surface area contributed by atoms with E-state index in [4.69, 9.17) is 9.47 Å². The highest BCUT2D eigenvalue weighted by molar-refractivity contribution is 6.10. The van der Waals surface area contributed by atoms with Crippen molar-refractivity contribution in [3.05, 3.63) is 52.1 Å². The number of methoxy groups -OCH3 is 2. The first kappa shape index (κ1) is 26.0. The molecule has 0 unspecified atom stereocenters. The Bertz CT molecular complexity index is 1070. The molecule has 188 valence electrons. The lowest BCUT2D eigenvalue weighted by Crippen LogP contribution is -2.43. The van der Waals surface area contributed by atoms with Crippen LogP contribution in [0.25, 0.3) is 0 Å². The van der Waals surface area contributed by atoms with Crippen LogP contribution in [0.1, 0.15) is 43.5 Å². The van der Waals surface area contributed by atoms with Gasteiger partial charge >= 0.3 is 0 Å². The van der Waals surface area contributed by atoms with E-state index < -0.39 is 10.8 Å². The number of ether oxygens (including phenoxy) is 2. The molecule has 1 aliphatic rings. The molecule has 0 aliphatic heterocycles. The van der Waals surface area contributed by atoms with E-state index >= 15 is 0 Å². The Morgan fingerprint density at radius 2 is 1.71 bits per heavy atom. The molecule has 3 atom stereocenters. The summed E-state index contributed by atoms with van der Waals surface area (Å²) in [4.78, 5) is 36.5. The van der Waals surface area contributed by atoms with Crippen LogP contribution in [0, 0.1) is 22.0 Å². The monoisotopic (exact) mass is 484 g/mol. The van der Waals surface area contributed by atoms with E-state index in [1.165, 1.54) is 32.8 Å². The van der Waals surface area contributed by atoms with Crippen LogP contribution >= 0.6 is 0 Å². The Morgan fingerprint density at radius 1 is 1.03 bits per heavy atom. The lowest BCUT2D eigenvalue weighted by molar-refractivity contribution is -0.384. The molecule has 0 aromatic heterocycles. The molecule has 3 N–H and O–H groups in total. The molecule has 2 aromatic rings. The molecule has 0 heterocycles. The normalized spacial score (nSPS) is 19.5. The Kier molecular flexibility index (Phi) is 8.64. The van der Waals surface area contributed by atoms with Crippen molar-refractivity contribution in [2.75, 3.05) is 31.4 Å². The first-order chi connectivity index (χ1) is 16.7. The van der Waals surface area contributed by atoms with Crippen LogP contribution in [-0.4, -0.2) is 43.5 Å². The van der Waals surface area contributed by atoms with Gasteiger partial charge in [-0.15, -0.1) is 0 Å². The molecule has 2 aromatic carbocycles. The summed E-state index contributed by atoms with van der Waals surface area (Å²) in [7, 11) is 2.97. The zero-order chi connectivity index (χ0) is 25.5. The fraction of sp³-hybridized carbons (Fsp3) is 0.440. The lowest BCUT2D eigenvalue weighted by atomic mass is 9.78. The number of anilines is 2. The number of nitrogens with one attached hydrogen (secondary N) is 3. The van der Waals surface area contributed by atoms with E-state index in [0.717, 1.165) is 18.9 Å². The van der Waals surface area contributed by atoms with Gasteiger partial charge in [-0.25, -0.2) is 0 Å². The molecule has 1 aliphatic carbocycles. The van der Waals surface area contributed by atoms with Gasteiger partial charge in [0.25, 0.3) is 11.6 Å². The smallest absolute Gasteiger partial charge is 0.270 e. The van der Waals surface area contributed by atoms with Gasteiger partial charge in [0.1, 0.15) is 11.5 Å². The van der Waals surface area contributed by atoms with Gasteiger partial charge in [-0.1, -0.05) is 26.7 Å². The molecule has 10 heteroatoms. The quantitative estimate of drug-likeness (QED) is 0.359. The molecular formula is C25H32N4O6. The number of nitro benzene ring substituents is 1. The van der Waals surface area contributed by atoms with E-state index in [0.29, 0.717) is 29.0 Å². The highest BCUT2D eigenvalue weighted by Gasteiger charge is 2.27. The summed E-state index contributed by atoms with van der Waals surface area (Å²) in [5.74, 6) is 1.01. The molecule has 10 nitrogen and oxygen atoms in total. The maximum absolute atomic E-state index is 13.1. The number of non-ortho nitro benzene ring substituents is 1. The molecule has 1 saturated carbocycles. The van der Waals surface area contributed by atoms with E-state index in [9.17, 15) is 19.7 Å². The van der Waals surface area contributed by atoms with Gasteiger partial charge in [0.2, 0.25) is 5.91 Å². The van der Waals surface area contributed by atoms with Crippen LogP contribution in [0.2, 0.25) is 0 Å². The molecule has 0 radical (unpaired) electrons. The predicted molar refractivity (Wildman–Crippen MR) is 133 cm³/mol. The van der Waals surface area contributed by atoms with Gasteiger partial charge in [0.05, 0.1) is 36.9 Å². The number of hydrogen-bond acceptors (Lipinski definition) is 7. The summed E-state index contributed by atoms with van der Waals surface area (Å²) in [6, 6.07) is 8.82. The standard InChI is InChI=1S/C25H32N4O6/c1-15-6-5-7-22(16(15)2)26-14-24(30)28-23-9-8-18(29(32)33)12-21(23)25(31)27-17-10-19(34-3)13-20(11-17)35-4/h8-13,15-16,22,26H,5-7,14H2,1-4H3,(H,27,31)(H,28,30)/t15-,16-,22-/m1/s1. The summed E-state index contributed by atoms with van der Waals surface area (Å²) in [6.07, 6.45) is 3.31. The predicted octanol–water partition coefficient (Wildman–Crippen LogP) is 4.22. The van der Waals surface area contributed by atoms with Crippen molar-refractivity contribution in [3.63, 3.8) is 0 Å². The maximum Gasteiger partial charge on any atom is 0.270 e. The molecule has 0 saturated heterocycles. The zero-order valence-corrected chi connectivity index (χ0v) is 20.4. The first-order valence-corrected chi connectivity index (χ1v) is 11.6. The Balaban J connectivity index is 1.77. The third kappa shape index (κ3) is 6.69. The molecule has 2 amide bonds. The van der Waals surface area contributed by atoms with E-state index in [-0.39, 0.29) is 35.4 Å². The molecule has 1 fully saturated rings. The van der Waals surface area contributed by atoms with Crippen LogP contribution in [0.4, 0.5) is 17.1 Å². The second kappa shape index (κ2) is 11.7. The number of nitro groups is 1. The molecular weight excluding hydrogens is 452 g/mol. The average molecular weight is 485 g/mol. The van der Waals surface area contributed by atoms with Crippen LogP contribution < -0.4 is 25.4 Å². The number of amides is 2. The van der Waals surface area contributed by atoms with Crippen molar-refractivity contribution in [2.24, 2.45) is 11.8 Å². The van der Waals surface area contributed by atoms with Crippen molar-refractivity contribution >= 4 is 28.9 Å². The summed E-state index contributed by atoms with van der Waals surface area (Å²) in [5.41, 5.74) is 0.255. The topological polar surface area (TPSA) is 132 Å². The Labute approximate surface area is 204 Å². The third-order valence-corrected chi connectivity index (χ3v) is 6.57. The summed E-state index contributed by atoms with van der Waals surface area (Å²) < 4.78 is 10.4. The highest BCUT2D eigenvalue weighted by atomic mass is 16.6. The van der Waals surface area contributed by atoms with E-state index in [2.05, 4.69) is 29.8 Å². The zero-order valence-electron chi connectivity index (χ0n) is 20.4. The van der Waals surface area contributed by atoms with Gasteiger partial charge in [-0.2, -0.15) is 0 Å². The van der Waals surface area contributed by atoms with Gasteiger partial charge < -0.3 is 25.4 Å². The summed E-state index contributed by atoms with van der Waals surface area (Å²) in [6.45, 7) is 4.48. The Hall–Kier alpha value is -3.66. The number of nitrogens with zero attached hydrogens (tertiary/aromatic N) is 1. The third-order valence-electron chi connectivity index (χ3n) is 6.57. The van der Waals surface area contributed by atoms with Crippen molar-refractivity contribution in [1.82, 2.24) is 5.32 Å². The number of carbonyl (C=O) groups is 2.